The fourth-order valence-corrected chi connectivity index (χ4v) is 5.88. The number of carbonyl (C=O) groups excluding carboxylic acids is 1. The third-order valence-electron chi connectivity index (χ3n) is 8.17. The Morgan fingerprint density at radius 3 is 2.21 bits per heavy atom. The van der Waals surface area contributed by atoms with Gasteiger partial charge >= 0.3 is 0 Å². The van der Waals surface area contributed by atoms with Gasteiger partial charge in [0.25, 0.3) is 0 Å². The van der Waals surface area contributed by atoms with Gasteiger partial charge < -0.3 is 21.7 Å². The van der Waals surface area contributed by atoms with Crippen LogP contribution in [0.1, 0.15) is 75.3 Å². The molecule has 2 fully saturated rings. The normalized spacial score (nSPS) is 18.0. The highest BCUT2D eigenvalue weighted by molar-refractivity contribution is 5.98. The van der Waals surface area contributed by atoms with Gasteiger partial charge in [0, 0.05) is 24.7 Å². The molecule has 5 N–H and O–H groups in total. The number of nitrogens with zero attached hydrogens (tertiary/aromatic N) is 1. The standard InChI is InChI=1S/C33H43N5O/c34-23-24-16-19-30(20-17-24)35-32(39)31(22-25-15-18-26-9-7-8-10-27(26)21-25)38-33(36-28-11-3-1-4-12-28)37-29-13-5-2-6-14-29/h7-10,15-21,28-29,31H,1-6,11-14,22-23,34H2,(H,35,39)(H2,36,37,38)/t31-/m0/s1. The van der Waals surface area contributed by atoms with Gasteiger partial charge in [0.2, 0.25) is 5.91 Å². The highest BCUT2D eigenvalue weighted by Crippen LogP contribution is 2.22. The number of amides is 1. The van der Waals surface area contributed by atoms with Crippen LogP contribution < -0.4 is 21.7 Å². The monoisotopic (exact) mass is 525 g/mol. The van der Waals surface area contributed by atoms with E-state index < -0.39 is 6.04 Å². The molecular weight excluding hydrogens is 482 g/mol. The van der Waals surface area contributed by atoms with Gasteiger partial charge in [0.15, 0.2) is 5.96 Å². The molecule has 39 heavy (non-hydrogen) atoms. The lowest BCUT2D eigenvalue weighted by Gasteiger charge is -2.29. The number of fused-ring (bicyclic) bond motifs is 1. The maximum Gasteiger partial charge on any atom is 0.247 e. The molecule has 5 rings (SSSR count). The number of nitrogens with one attached hydrogen (secondary N) is 3. The summed E-state index contributed by atoms with van der Waals surface area (Å²) in [5.41, 5.74) is 8.70. The van der Waals surface area contributed by atoms with Crippen molar-refractivity contribution >= 4 is 28.3 Å². The maximum atomic E-state index is 13.8. The average Bonchev–Trinajstić information content (AvgIpc) is 2.98. The van der Waals surface area contributed by atoms with E-state index in [4.69, 9.17) is 10.7 Å². The van der Waals surface area contributed by atoms with Gasteiger partial charge in [-0.25, -0.2) is 4.99 Å². The number of nitrogens with two attached hydrogens (primary N) is 1. The predicted octanol–water partition coefficient (Wildman–Crippen LogP) is 6.05. The number of hydrogen-bond acceptors (Lipinski definition) is 3. The Morgan fingerprint density at radius 1 is 0.821 bits per heavy atom. The minimum Gasteiger partial charge on any atom is -0.354 e. The summed E-state index contributed by atoms with van der Waals surface area (Å²) in [6, 6.07) is 22.8. The number of benzene rings is 3. The Labute approximate surface area is 232 Å². The van der Waals surface area contributed by atoms with Crippen LogP contribution in [-0.4, -0.2) is 30.0 Å². The van der Waals surface area contributed by atoms with Crippen molar-refractivity contribution in [3.63, 3.8) is 0 Å². The molecule has 0 bridgehead atoms. The highest BCUT2D eigenvalue weighted by atomic mass is 16.2. The highest BCUT2D eigenvalue weighted by Gasteiger charge is 2.24. The van der Waals surface area contributed by atoms with Crippen molar-refractivity contribution in [2.24, 2.45) is 10.7 Å². The minimum atomic E-state index is -0.473. The summed E-state index contributed by atoms with van der Waals surface area (Å²) in [6.07, 6.45) is 12.6. The lowest BCUT2D eigenvalue weighted by Crippen LogP contribution is -2.53. The molecule has 3 aromatic rings. The maximum absolute atomic E-state index is 13.8. The number of aliphatic imine (C=N–C) groups is 1. The molecule has 0 heterocycles. The second kappa shape index (κ2) is 13.6. The van der Waals surface area contributed by atoms with Gasteiger partial charge in [0.1, 0.15) is 6.04 Å². The number of guanidine groups is 1. The van der Waals surface area contributed by atoms with Gasteiger partial charge in [-0.05, 0) is 59.7 Å². The first-order valence-electron chi connectivity index (χ1n) is 14.8. The van der Waals surface area contributed by atoms with Gasteiger partial charge in [-0.2, -0.15) is 0 Å². The van der Waals surface area contributed by atoms with Crippen molar-refractivity contribution < 1.29 is 4.79 Å². The summed E-state index contributed by atoms with van der Waals surface area (Å²) < 4.78 is 0. The summed E-state index contributed by atoms with van der Waals surface area (Å²) >= 11 is 0. The van der Waals surface area contributed by atoms with Crippen LogP contribution in [0.5, 0.6) is 0 Å². The molecule has 0 saturated heterocycles. The fraction of sp³-hybridized carbons (Fsp3) is 0.455. The molecule has 6 heteroatoms. The van der Waals surface area contributed by atoms with E-state index in [9.17, 15) is 4.79 Å². The first-order chi connectivity index (χ1) is 19.2. The molecule has 2 saturated carbocycles. The Bertz CT molecular complexity index is 1240. The number of anilines is 1. The quantitative estimate of drug-likeness (QED) is 0.213. The second-order valence-corrected chi connectivity index (χ2v) is 11.2. The number of carbonyl (C=O) groups is 1. The molecule has 0 unspecified atom stereocenters. The van der Waals surface area contributed by atoms with Crippen LogP contribution in [0.2, 0.25) is 0 Å². The van der Waals surface area contributed by atoms with Crippen molar-refractivity contribution in [3.05, 3.63) is 77.9 Å². The SMILES string of the molecule is NCc1ccc(NC(=O)[C@H](Cc2ccc3ccccc3c2)NC(=NC2CCCCC2)NC2CCCCC2)cc1. The summed E-state index contributed by atoms with van der Waals surface area (Å²) in [5, 5.41) is 12.8. The predicted molar refractivity (Wildman–Crippen MR) is 162 cm³/mol. The van der Waals surface area contributed by atoms with Gasteiger partial charge in [-0.15, -0.1) is 0 Å². The van der Waals surface area contributed by atoms with Crippen LogP contribution in [0, 0.1) is 0 Å². The van der Waals surface area contributed by atoms with E-state index in [1.54, 1.807) is 0 Å². The first kappa shape index (κ1) is 27.2. The zero-order valence-electron chi connectivity index (χ0n) is 23.0. The van der Waals surface area contributed by atoms with Crippen molar-refractivity contribution in [2.45, 2.75) is 95.3 Å². The van der Waals surface area contributed by atoms with E-state index in [1.165, 1.54) is 49.3 Å². The zero-order chi connectivity index (χ0) is 26.9. The molecule has 0 aliphatic heterocycles. The van der Waals surface area contributed by atoms with Crippen LogP contribution >= 0.6 is 0 Å². The summed E-state index contributed by atoms with van der Waals surface area (Å²) in [5.74, 6) is 0.721. The van der Waals surface area contributed by atoms with E-state index in [-0.39, 0.29) is 5.91 Å². The lowest BCUT2D eigenvalue weighted by molar-refractivity contribution is -0.117. The van der Waals surface area contributed by atoms with Gasteiger partial charge in [-0.3, -0.25) is 4.79 Å². The molecule has 6 nitrogen and oxygen atoms in total. The fourth-order valence-electron chi connectivity index (χ4n) is 5.88. The molecule has 0 spiro atoms. The van der Waals surface area contributed by atoms with Crippen molar-refractivity contribution in [3.8, 4) is 0 Å². The molecule has 3 aromatic carbocycles. The minimum absolute atomic E-state index is 0.0644. The summed E-state index contributed by atoms with van der Waals surface area (Å²) in [4.78, 5) is 18.9. The summed E-state index contributed by atoms with van der Waals surface area (Å²) in [7, 11) is 0. The van der Waals surface area contributed by atoms with E-state index in [0.29, 0.717) is 25.0 Å². The Morgan fingerprint density at radius 2 is 1.49 bits per heavy atom. The third-order valence-corrected chi connectivity index (χ3v) is 8.17. The largest absolute Gasteiger partial charge is 0.354 e. The Hall–Kier alpha value is -3.38. The smallest absolute Gasteiger partial charge is 0.247 e. The number of rotatable bonds is 8. The van der Waals surface area contributed by atoms with E-state index in [1.807, 2.05) is 24.3 Å². The Kier molecular flexibility index (Phi) is 9.49. The van der Waals surface area contributed by atoms with Gasteiger partial charge in [0.05, 0.1) is 6.04 Å². The average molecular weight is 526 g/mol. The van der Waals surface area contributed by atoms with Crippen molar-refractivity contribution in [2.75, 3.05) is 5.32 Å². The number of hydrogen-bond donors (Lipinski definition) is 4. The summed E-state index contributed by atoms with van der Waals surface area (Å²) in [6.45, 7) is 0.480. The third kappa shape index (κ3) is 7.82. The molecule has 206 valence electrons. The Balaban J connectivity index is 1.40. The van der Waals surface area contributed by atoms with E-state index in [2.05, 4.69) is 58.4 Å². The van der Waals surface area contributed by atoms with Crippen LogP contribution in [0.4, 0.5) is 5.69 Å². The molecule has 0 aromatic heterocycles. The molecule has 2 aliphatic carbocycles. The van der Waals surface area contributed by atoms with Gasteiger partial charge in [-0.1, -0.05) is 93.1 Å². The van der Waals surface area contributed by atoms with E-state index in [0.717, 1.165) is 48.5 Å². The topological polar surface area (TPSA) is 91.5 Å². The first-order valence-corrected chi connectivity index (χ1v) is 14.8. The molecular formula is C33H43N5O. The molecule has 2 aliphatic rings. The lowest BCUT2D eigenvalue weighted by atomic mass is 9.95. The van der Waals surface area contributed by atoms with Crippen LogP contribution in [0.3, 0.4) is 0 Å². The molecule has 1 amide bonds. The zero-order valence-corrected chi connectivity index (χ0v) is 23.0. The van der Waals surface area contributed by atoms with Crippen LogP contribution in [0.15, 0.2) is 71.7 Å². The molecule has 1 atom stereocenters. The molecule has 0 radical (unpaired) electrons. The van der Waals surface area contributed by atoms with Crippen LogP contribution in [0.25, 0.3) is 10.8 Å². The van der Waals surface area contributed by atoms with Crippen LogP contribution in [-0.2, 0) is 17.8 Å². The van der Waals surface area contributed by atoms with E-state index >= 15 is 0 Å². The second-order valence-electron chi connectivity index (χ2n) is 11.2. The van der Waals surface area contributed by atoms with Crippen molar-refractivity contribution in [1.82, 2.24) is 10.6 Å². The van der Waals surface area contributed by atoms with Crippen molar-refractivity contribution in [1.29, 1.82) is 0 Å².